The summed E-state index contributed by atoms with van der Waals surface area (Å²) in [6.07, 6.45) is 12.4. The summed E-state index contributed by atoms with van der Waals surface area (Å²) in [4.78, 5) is 14.1. The van der Waals surface area contributed by atoms with Gasteiger partial charge in [0.2, 0.25) is 5.91 Å². The average Bonchev–Trinajstić information content (AvgIpc) is 3.16. The Morgan fingerprint density at radius 2 is 2.18 bits per heavy atom. The molecule has 1 aliphatic carbocycles. The zero-order chi connectivity index (χ0) is 19.3. The number of fused-ring (bicyclic) bond motifs is 3. The zero-order valence-corrected chi connectivity index (χ0v) is 17.2. The first kappa shape index (κ1) is 19.8. The molecule has 3 saturated heterocycles. The number of hydrogen-bond donors (Lipinski definition) is 2. The van der Waals surface area contributed by atoms with Crippen LogP contribution in [0.1, 0.15) is 50.6 Å². The number of quaternary nitrogens is 1. The number of nitrogens with one attached hydrogen (secondary N) is 2. The van der Waals surface area contributed by atoms with Crippen molar-refractivity contribution in [2.24, 2.45) is 17.8 Å². The fourth-order valence-electron chi connectivity index (χ4n) is 5.66. The molecule has 4 atom stereocenters. The molecular formula is C21H36N5O2+. The number of carbonyl (C=O) groups is 1. The van der Waals surface area contributed by atoms with Crippen LogP contribution in [-0.4, -0.2) is 60.3 Å². The molecule has 156 valence electrons. The summed E-state index contributed by atoms with van der Waals surface area (Å²) in [5, 5.41) is 11.9. The van der Waals surface area contributed by atoms with Crippen LogP contribution in [0.5, 0.6) is 0 Å². The van der Waals surface area contributed by atoms with Gasteiger partial charge in [-0.25, -0.2) is 4.68 Å². The van der Waals surface area contributed by atoms with Gasteiger partial charge in [0.1, 0.15) is 6.04 Å². The highest BCUT2D eigenvalue weighted by Gasteiger charge is 2.46. The van der Waals surface area contributed by atoms with E-state index in [4.69, 9.17) is 4.74 Å². The molecule has 1 amide bonds. The molecule has 1 unspecified atom stereocenters. The number of rotatable bonds is 8. The minimum Gasteiger partial charge on any atom is -0.383 e. The van der Waals surface area contributed by atoms with Crippen LogP contribution in [0.4, 0.5) is 0 Å². The highest BCUT2D eigenvalue weighted by molar-refractivity contribution is 5.79. The Kier molecular flexibility index (Phi) is 6.62. The van der Waals surface area contributed by atoms with Crippen molar-refractivity contribution in [3.63, 3.8) is 0 Å². The summed E-state index contributed by atoms with van der Waals surface area (Å²) < 4.78 is 7.10. The van der Waals surface area contributed by atoms with Crippen molar-refractivity contribution in [3.8, 4) is 0 Å². The molecule has 7 nitrogen and oxygen atoms in total. The fourth-order valence-corrected chi connectivity index (χ4v) is 5.66. The van der Waals surface area contributed by atoms with Crippen LogP contribution in [0.25, 0.3) is 0 Å². The first-order chi connectivity index (χ1) is 13.7. The smallest absolute Gasteiger partial charge is 0.229 e. The molecule has 3 aliphatic heterocycles. The van der Waals surface area contributed by atoms with Gasteiger partial charge in [0.25, 0.3) is 0 Å². The second-order valence-electron chi connectivity index (χ2n) is 9.12. The van der Waals surface area contributed by atoms with E-state index in [2.05, 4.69) is 26.5 Å². The van der Waals surface area contributed by atoms with E-state index in [-0.39, 0.29) is 11.8 Å². The minimum absolute atomic E-state index is 0.162. The molecule has 4 heterocycles. The van der Waals surface area contributed by atoms with Crippen LogP contribution in [-0.2, 0) is 22.5 Å². The molecule has 0 aromatic carbocycles. The van der Waals surface area contributed by atoms with E-state index in [0.29, 0.717) is 25.1 Å². The highest BCUT2D eigenvalue weighted by atomic mass is 16.5. The molecule has 1 saturated carbocycles. The van der Waals surface area contributed by atoms with Gasteiger partial charge in [-0.05, 0) is 18.3 Å². The number of aromatic nitrogens is 3. The normalized spacial score (nSPS) is 30.5. The van der Waals surface area contributed by atoms with Gasteiger partial charge in [0.15, 0.2) is 0 Å². The number of amides is 1. The van der Waals surface area contributed by atoms with Gasteiger partial charge in [-0.1, -0.05) is 37.3 Å². The number of nitrogens with zero attached hydrogens (tertiary/aromatic N) is 3. The molecule has 5 rings (SSSR count). The summed E-state index contributed by atoms with van der Waals surface area (Å²) in [6.45, 7) is 4.26. The van der Waals surface area contributed by atoms with Crippen molar-refractivity contribution in [3.05, 3.63) is 11.9 Å². The van der Waals surface area contributed by atoms with Gasteiger partial charge in [-0.3, -0.25) is 4.79 Å². The Labute approximate surface area is 168 Å². The average molecular weight is 391 g/mol. The maximum atomic E-state index is 12.5. The van der Waals surface area contributed by atoms with Gasteiger partial charge in [-0.2, -0.15) is 0 Å². The van der Waals surface area contributed by atoms with Gasteiger partial charge < -0.3 is 15.0 Å². The van der Waals surface area contributed by atoms with Crippen LogP contribution in [0, 0.1) is 17.8 Å². The van der Waals surface area contributed by atoms with E-state index in [1.165, 1.54) is 45.1 Å². The molecule has 4 aliphatic rings. The third-order valence-corrected chi connectivity index (χ3v) is 7.21. The molecule has 4 fully saturated rings. The van der Waals surface area contributed by atoms with Crippen molar-refractivity contribution in [1.82, 2.24) is 20.3 Å². The van der Waals surface area contributed by atoms with Gasteiger partial charge >= 0.3 is 0 Å². The van der Waals surface area contributed by atoms with Crippen LogP contribution in [0.3, 0.4) is 0 Å². The molecule has 28 heavy (non-hydrogen) atoms. The predicted octanol–water partition coefficient (Wildman–Crippen LogP) is 0.457. The lowest BCUT2D eigenvalue weighted by Gasteiger charge is -2.46. The van der Waals surface area contributed by atoms with E-state index in [9.17, 15) is 4.79 Å². The Morgan fingerprint density at radius 1 is 1.32 bits per heavy atom. The zero-order valence-electron chi connectivity index (χ0n) is 17.2. The molecule has 2 bridgehead atoms. The third kappa shape index (κ3) is 4.74. The second-order valence-corrected chi connectivity index (χ2v) is 9.12. The maximum absolute atomic E-state index is 12.5. The Morgan fingerprint density at radius 3 is 2.93 bits per heavy atom. The van der Waals surface area contributed by atoms with Crippen LogP contribution >= 0.6 is 0 Å². The number of ether oxygens (including phenoxy) is 1. The van der Waals surface area contributed by atoms with Crippen LogP contribution in [0.2, 0.25) is 0 Å². The highest BCUT2D eigenvalue weighted by Crippen LogP contribution is 2.28. The topological polar surface area (TPSA) is 73.5 Å². The standard InChI is InChI=1S/C21H35N5O2/c1-28-10-8-22-21(27)20-15-25-9-7-17(20)12-19(25)14-26-13-18(23-24-26)11-16-5-3-2-4-6-16/h13,16-17,19-20H,2-12,14-15H2,1H3,(H,22,27)/p+1/t17-,19-,20+/m1/s1. The lowest BCUT2D eigenvalue weighted by atomic mass is 9.75. The van der Waals surface area contributed by atoms with Crippen molar-refractivity contribution < 1.29 is 14.4 Å². The van der Waals surface area contributed by atoms with Crippen molar-refractivity contribution in [2.45, 2.75) is 64.0 Å². The number of piperidine rings is 3. The fraction of sp³-hybridized carbons (Fsp3) is 0.857. The summed E-state index contributed by atoms with van der Waals surface area (Å²) in [5.74, 6) is 1.69. The Hall–Kier alpha value is -1.47. The van der Waals surface area contributed by atoms with Crippen LogP contribution < -0.4 is 10.2 Å². The SMILES string of the molecule is COCCNC(=O)[C@H]1C[NH+]2CC[C@@H]1C[C@@H]2Cn1cc(CC2CCCCC2)nn1. The number of carbonyl (C=O) groups excluding carboxylic acids is 1. The van der Waals surface area contributed by atoms with E-state index in [0.717, 1.165) is 37.5 Å². The molecule has 2 N–H and O–H groups in total. The molecule has 1 aromatic heterocycles. The first-order valence-corrected chi connectivity index (χ1v) is 11.2. The first-order valence-electron chi connectivity index (χ1n) is 11.2. The number of hydrogen-bond acceptors (Lipinski definition) is 4. The summed E-state index contributed by atoms with van der Waals surface area (Å²) >= 11 is 0. The third-order valence-electron chi connectivity index (χ3n) is 7.21. The summed E-state index contributed by atoms with van der Waals surface area (Å²) in [5.41, 5.74) is 1.16. The monoisotopic (exact) mass is 390 g/mol. The van der Waals surface area contributed by atoms with E-state index in [1.54, 1.807) is 12.0 Å². The largest absolute Gasteiger partial charge is 0.383 e. The van der Waals surface area contributed by atoms with Gasteiger partial charge in [0.05, 0.1) is 37.9 Å². The van der Waals surface area contributed by atoms with Crippen molar-refractivity contribution in [2.75, 3.05) is 33.4 Å². The molecule has 0 spiro atoms. The lowest BCUT2D eigenvalue weighted by molar-refractivity contribution is -0.945. The van der Waals surface area contributed by atoms with Gasteiger partial charge in [0, 0.05) is 32.7 Å². The van der Waals surface area contributed by atoms with Crippen LogP contribution in [0.15, 0.2) is 6.20 Å². The lowest BCUT2D eigenvalue weighted by Crippen LogP contribution is -3.20. The van der Waals surface area contributed by atoms with E-state index >= 15 is 0 Å². The second kappa shape index (κ2) is 9.35. The van der Waals surface area contributed by atoms with E-state index < -0.39 is 0 Å². The Balaban J connectivity index is 1.28. The van der Waals surface area contributed by atoms with Crippen molar-refractivity contribution >= 4 is 5.91 Å². The van der Waals surface area contributed by atoms with Crippen molar-refractivity contribution in [1.29, 1.82) is 0 Å². The molecule has 1 aromatic rings. The maximum Gasteiger partial charge on any atom is 0.229 e. The molecular weight excluding hydrogens is 354 g/mol. The predicted molar refractivity (Wildman–Crippen MR) is 106 cm³/mol. The minimum atomic E-state index is 0.162. The summed E-state index contributed by atoms with van der Waals surface area (Å²) in [6, 6.07) is 0.561. The Bertz CT molecular complexity index is 642. The van der Waals surface area contributed by atoms with Gasteiger partial charge in [-0.15, -0.1) is 5.10 Å². The van der Waals surface area contributed by atoms with E-state index in [1.807, 2.05) is 0 Å². The quantitative estimate of drug-likeness (QED) is 0.633. The molecule has 7 heteroatoms. The molecule has 0 radical (unpaired) electrons. The number of methoxy groups -OCH3 is 1. The summed E-state index contributed by atoms with van der Waals surface area (Å²) in [7, 11) is 1.67.